The minimum atomic E-state index is -4.23. The number of nitrogens with zero attached hydrogens (tertiary/aromatic N) is 1. The molecule has 1 heterocycles. The van der Waals surface area contributed by atoms with Crippen LogP contribution in [0.4, 0.5) is 0 Å². The topological polar surface area (TPSA) is 104 Å². The van der Waals surface area contributed by atoms with Crippen molar-refractivity contribution in [2.45, 2.75) is 25.9 Å². The van der Waals surface area contributed by atoms with Crippen LogP contribution in [-0.4, -0.2) is 55.7 Å². The van der Waals surface area contributed by atoms with Gasteiger partial charge < -0.3 is 10.0 Å². The number of sulfonamides is 1. The highest BCUT2D eigenvalue weighted by atomic mass is 32.2. The molecule has 25 heavy (non-hydrogen) atoms. The summed E-state index contributed by atoms with van der Waals surface area (Å²) in [6, 6.07) is 6.24. The third-order valence-corrected chi connectivity index (χ3v) is 5.78. The molecule has 0 bridgehead atoms. The Morgan fingerprint density at radius 2 is 1.68 bits per heavy atom. The molecule has 0 radical (unpaired) electrons. The van der Waals surface area contributed by atoms with Crippen molar-refractivity contribution in [1.29, 1.82) is 0 Å². The number of hydrogen-bond donors (Lipinski definition) is 2. The van der Waals surface area contributed by atoms with Gasteiger partial charge in [-0.2, -0.15) is 0 Å². The van der Waals surface area contributed by atoms with E-state index in [2.05, 4.69) is 4.72 Å². The third-order valence-electron chi connectivity index (χ3n) is 4.31. The van der Waals surface area contributed by atoms with Crippen LogP contribution < -0.4 is 4.72 Å². The average molecular weight is 364 g/mol. The fourth-order valence-electron chi connectivity index (χ4n) is 3.12. The number of carbonyl (C=O) groups excluding carboxylic acids is 2. The first-order valence-corrected chi connectivity index (χ1v) is 9.66. The molecule has 2 N–H and O–H groups in total. The van der Waals surface area contributed by atoms with Crippen LogP contribution in [0.1, 0.15) is 40.5 Å². The molecule has 0 aromatic heterocycles. The Bertz CT molecular complexity index is 852. The molecule has 1 aliphatic heterocycles. The lowest BCUT2D eigenvalue weighted by Crippen LogP contribution is -2.40. The zero-order valence-corrected chi connectivity index (χ0v) is 14.7. The predicted molar refractivity (Wildman–Crippen MR) is 91.5 cm³/mol. The first kappa shape index (κ1) is 17.8. The average Bonchev–Trinajstić information content (AvgIpc) is 3.10. The molecule has 0 spiro atoms. The van der Waals surface area contributed by atoms with E-state index in [4.69, 9.17) is 0 Å². The first-order valence-electron chi connectivity index (χ1n) is 8.18. The van der Waals surface area contributed by atoms with Crippen molar-refractivity contribution in [3.05, 3.63) is 46.0 Å². The highest BCUT2D eigenvalue weighted by molar-refractivity contribution is 7.94. The normalized spacial score (nSPS) is 19.4. The molecule has 134 valence electrons. The van der Waals surface area contributed by atoms with Crippen LogP contribution in [0.25, 0.3) is 0 Å². The number of likely N-dealkylation sites (tertiary alicyclic amines) is 1. The fourth-order valence-corrected chi connectivity index (χ4v) is 4.55. The highest BCUT2D eigenvalue weighted by Gasteiger charge is 2.41. The van der Waals surface area contributed by atoms with Crippen LogP contribution in [0.3, 0.4) is 0 Å². The minimum Gasteiger partial charge on any atom is -0.392 e. The van der Waals surface area contributed by atoms with E-state index < -0.39 is 32.6 Å². The molecule has 1 saturated heterocycles. The van der Waals surface area contributed by atoms with Crippen molar-refractivity contribution in [2.75, 3.05) is 19.6 Å². The molecular formula is C17H20N2O5S. The summed E-state index contributed by atoms with van der Waals surface area (Å²) in [5, 5.41) is 9.36. The van der Waals surface area contributed by atoms with E-state index in [1.165, 1.54) is 19.1 Å². The number of fused-ring (bicyclic) bond motifs is 1. The maximum Gasteiger partial charge on any atom is 0.246 e. The van der Waals surface area contributed by atoms with E-state index >= 15 is 0 Å². The Kier molecular flexibility index (Phi) is 4.77. The first-order chi connectivity index (χ1) is 11.8. The molecule has 1 fully saturated rings. The lowest BCUT2D eigenvalue weighted by molar-refractivity contribution is 0.0952. The smallest absolute Gasteiger partial charge is 0.246 e. The summed E-state index contributed by atoms with van der Waals surface area (Å²) in [5.74, 6) is -1.13. The maximum atomic E-state index is 13.0. The molecule has 0 saturated carbocycles. The number of benzene rings is 1. The van der Waals surface area contributed by atoms with Gasteiger partial charge in [-0.05, 0) is 19.8 Å². The number of rotatable bonds is 5. The molecule has 1 aromatic carbocycles. The predicted octanol–water partition coefficient (Wildman–Crippen LogP) is 0.673. The summed E-state index contributed by atoms with van der Waals surface area (Å²) in [6.07, 6.45) is 0.759. The summed E-state index contributed by atoms with van der Waals surface area (Å²) in [4.78, 5) is 27.0. The molecule has 1 aliphatic carbocycles. The van der Waals surface area contributed by atoms with Crippen LogP contribution >= 0.6 is 0 Å². The second-order valence-electron chi connectivity index (χ2n) is 6.28. The van der Waals surface area contributed by atoms with Crippen molar-refractivity contribution in [3.63, 3.8) is 0 Å². The largest absolute Gasteiger partial charge is 0.392 e. The summed E-state index contributed by atoms with van der Waals surface area (Å²) in [6.45, 7) is 2.27. The Hall–Kier alpha value is -2.03. The monoisotopic (exact) mass is 364 g/mol. The van der Waals surface area contributed by atoms with Crippen LogP contribution in [0.2, 0.25) is 0 Å². The van der Waals surface area contributed by atoms with E-state index in [1.54, 1.807) is 17.0 Å². The Labute approximate surface area is 146 Å². The molecule has 1 unspecified atom stereocenters. The molecule has 3 rings (SSSR count). The highest BCUT2D eigenvalue weighted by Crippen LogP contribution is 2.32. The van der Waals surface area contributed by atoms with Gasteiger partial charge in [0.1, 0.15) is 5.70 Å². The Morgan fingerprint density at radius 3 is 2.24 bits per heavy atom. The quantitative estimate of drug-likeness (QED) is 0.796. The van der Waals surface area contributed by atoms with Gasteiger partial charge in [-0.3, -0.25) is 9.59 Å². The van der Waals surface area contributed by atoms with E-state index in [0.717, 1.165) is 12.8 Å². The van der Waals surface area contributed by atoms with Gasteiger partial charge in [0.05, 0.1) is 6.10 Å². The van der Waals surface area contributed by atoms with Crippen molar-refractivity contribution in [3.8, 4) is 0 Å². The lowest BCUT2D eigenvalue weighted by Gasteiger charge is -2.27. The number of nitrogens with one attached hydrogen (secondary N) is 1. The molecule has 2 aliphatic rings. The minimum absolute atomic E-state index is 0.0562. The number of Topliss-reactive ketones (excluding diaryl/α,β-unsaturated/α-hetero) is 2. The summed E-state index contributed by atoms with van der Waals surface area (Å²) in [7, 11) is -4.23. The molecule has 0 amide bonds. The van der Waals surface area contributed by atoms with Crippen LogP contribution in [-0.2, 0) is 10.0 Å². The van der Waals surface area contributed by atoms with Crippen LogP contribution in [0.5, 0.6) is 0 Å². The second kappa shape index (κ2) is 6.70. The summed E-state index contributed by atoms with van der Waals surface area (Å²) in [5.41, 5.74) is 0.260. The van der Waals surface area contributed by atoms with Gasteiger partial charge in [0.15, 0.2) is 4.91 Å². The molecular weight excluding hydrogens is 344 g/mol. The van der Waals surface area contributed by atoms with Gasteiger partial charge in [-0.25, -0.2) is 13.1 Å². The van der Waals surface area contributed by atoms with Crippen molar-refractivity contribution in [2.24, 2.45) is 0 Å². The van der Waals surface area contributed by atoms with Gasteiger partial charge in [0, 0.05) is 30.8 Å². The van der Waals surface area contributed by atoms with Crippen molar-refractivity contribution in [1.82, 2.24) is 9.62 Å². The number of hydrogen-bond acceptors (Lipinski definition) is 6. The molecule has 1 aromatic rings. The number of aliphatic hydroxyl groups excluding tert-OH is 1. The number of carbonyl (C=O) groups is 2. The van der Waals surface area contributed by atoms with Gasteiger partial charge in [-0.1, -0.05) is 24.3 Å². The van der Waals surface area contributed by atoms with Gasteiger partial charge in [-0.15, -0.1) is 0 Å². The second-order valence-corrected chi connectivity index (χ2v) is 7.98. The number of aliphatic hydroxyl groups is 1. The Balaban J connectivity index is 2.16. The van der Waals surface area contributed by atoms with Crippen LogP contribution in [0.15, 0.2) is 34.9 Å². The zero-order valence-electron chi connectivity index (χ0n) is 13.9. The van der Waals surface area contributed by atoms with Crippen LogP contribution in [0, 0.1) is 0 Å². The van der Waals surface area contributed by atoms with E-state index in [1.807, 2.05) is 0 Å². The molecule has 7 nitrogen and oxygen atoms in total. The van der Waals surface area contributed by atoms with E-state index in [9.17, 15) is 23.1 Å². The number of allylic oxidation sites excluding steroid dienone is 2. The van der Waals surface area contributed by atoms with Gasteiger partial charge in [0.25, 0.3) is 0 Å². The molecule has 1 atom stereocenters. The fraction of sp³-hybridized carbons (Fsp3) is 0.412. The molecule has 8 heteroatoms. The standard InChI is InChI=1S/C17H20N2O5S/c1-11(20)10-18-25(23,24)17-14(19-8-4-5-9-19)15(21)12-6-2-3-7-13(12)16(17)22/h2-3,6-7,11,18,20H,4-5,8-10H2,1H3. The zero-order chi connectivity index (χ0) is 18.2. The lowest BCUT2D eigenvalue weighted by atomic mass is 9.92. The van der Waals surface area contributed by atoms with E-state index in [-0.39, 0.29) is 23.4 Å². The van der Waals surface area contributed by atoms with Crippen molar-refractivity contribution < 1.29 is 23.1 Å². The Morgan fingerprint density at radius 1 is 1.12 bits per heavy atom. The van der Waals surface area contributed by atoms with Crippen molar-refractivity contribution >= 4 is 21.6 Å². The van der Waals surface area contributed by atoms with E-state index in [0.29, 0.717) is 13.1 Å². The summed E-state index contributed by atoms with van der Waals surface area (Å²) < 4.78 is 27.7. The van der Waals surface area contributed by atoms with Gasteiger partial charge in [0.2, 0.25) is 21.6 Å². The SMILES string of the molecule is CC(O)CNS(=O)(=O)C1=C(N2CCCC2)C(=O)c2ccccc2C1=O. The number of ketones is 2. The summed E-state index contributed by atoms with van der Waals surface area (Å²) >= 11 is 0. The third kappa shape index (κ3) is 3.24. The van der Waals surface area contributed by atoms with Gasteiger partial charge >= 0.3 is 0 Å². The maximum absolute atomic E-state index is 13.0.